The first-order chi connectivity index (χ1) is 9.11. The van der Waals surface area contributed by atoms with Crippen LogP contribution in [0.15, 0.2) is 24.3 Å². The third-order valence-electron chi connectivity index (χ3n) is 2.70. The number of carboxylic acids is 1. The lowest BCUT2D eigenvalue weighted by Crippen LogP contribution is -2.44. The maximum Gasteiger partial charge on any atom is 0.303 e. The summed E-state index contributed by atoms with van der Waals surface area (Å²) < 4.78 is 39.8. The second-order valence-corrected chi connectivity index (χ2v) is 6.95. The van der Waals surface area contributed by atoms with Gasteiger partial charge in [0, 0.05) is 17.5 Å². The minimum absolute atomic E-state index is 0.0778. The van der Waals surface area contributed by atoms with Crippen LogP contribution in [0.2, 0.25) is 0 Å². The first kappa shape index (κ1) is 16.6. The highest BCUT2D eigenvalue weighted by Gasteiger charge is 2.26. The van der Waals surface area contributed by atoms with Gasteiger partial charge in [0.2, 0.25) is 10.0 Å². The molecular weight excluding hydrogens is 285 g/mol. The number of benzene rings is 1. The highest BCUT2D eigenvalue weighted by molar-refractivity contribution is 7.88. The molecule has 0 aliphatic carbocycles. The molecule has 0 aliphatic rings. The van der Waals surface area contributed by atoms with Crippen LogP contribution in [0.25, 0.3) is 0 Å². The van der Waals surface area contributed by atoms with Crippen molar-refractivity contribution in [3.05, 3.63) is 35.6 Å². The van der Waals surface area contributed by atoms with Gasteiger partial charge < -0.3 is 5.11 Å². The summed E-state index contributed by atoms with van der Waals surface area (Å²) in [5, 5.41) is 8.62. The van der Waals surface area contributed by atoms with Crippen LogP contribution < -0.4 is 4.72 Å². The third-order valence-corrected chi connectivity index (χ3v) is 4.25. The molecule has 0 aliphatic heterocycles. The number of sulfonamides is 1. The molecule has 112 valence electrons. The lowest BCUT2D eigenvalue weighted by atomic mass is 10.0. The van der Waals surface area contributed by atoms with Gasteiger partial charge >= 0.3 is 5.97 Å². The Labute approximate surface area is 117 Å². The Morgan fingerprint density at radius 1 is 1.35 bits per heavy atom. The van der Waals surface area contributed by atoms with Crippen LogP contribution in [0.4, 0.5) is 4.39 Å². The van der Waals surface area contributed by atoms with Gasteiger partial charge in [-0.05, 0) is 26.3 Å². The molecule has 0 saturated heterocycles. The number of hydrogen-bond donors (Lipinski definition) is 2. The Morgan fingerprint density at radius 2 is 1.95 bits per heavy atom. The summed E-state index contributed by atoms with van der Waals surface area (Å²) in [7, 11) is -3.75. The van der Waals surface area contributed by atoms with Crippen molar-refractivity contribution in [3.63, 3.8) is 0 Å². The average molecular weight is 303 g/mol. The second-order valence-electron chi connectivity index (χ2n) is 5.23. The van der Waals surface area contributed by atoms with Crippen molar-refractivity contribution >= 4 is 16.0 Å². The molecule has 0 spiro atoms. The maximum absolute atomic E-state index is 13.4. The quantitative estimate of drug-likeness (QED) is 0.805. The molecule has 0 radical (unpaired) electrons. The molecule has 0 aromatic heterocycles. The molecule has 1 aromatic rings. The second kappa shape index (κ2) is 6.32. The molecule has 0 atom stereocenters. The summed E-state index contributed by atoms with van der Waals surface area (Å²) in [5.74, 6) is -2.05. The Balaban J connectivity index is 2.75. The van der Waals surface area contributed by atoms with Crippen LogP contribution in [0.1, 0.15) is 32.3 Å². The van der Waals surface area contributed by atoms with Gasteiger partial charge in [-0.25, -0.2) is 17.5 Å². The summed E-state index contributed by atoms with van der Waals surface area (Å²) in [6.45, 7) is 3.18. The van der Waals surface area contributed by atoms with Crippen molar-refractivity contribution in [1.82, 2.24) is 4.72 Å². The van der Waals surface area contributed by atoms with E-state index in [0.29, 0.717) is 0 Å². The first-order valence-electron chi connectivity index (χ1n) is 6.08. The lowest BCUT2D eigenvalue weighted by molar-refractivity contribution is -0.137. The number of carbonyl (C=O) groups is 1. The number of halogens is 1. The fourth-order valence-electron chi connectivity index (χ4n) is 1.75. The fourth-order valence-corrected chi connectivity index (χ4v) is 3.41. The van der Waals surface area contributed by atoms with Gasteiger partial charge in [-0.15, -0.1) is 0 Å². The molecule has 0 saturated carbocycles. The van der Waals surface area contributed by atoms with Gasteiger partial charge in [0.15, 0.2) is 0 Å². The minimum atomic E-state index is -3.75. The summed E-state index contributed by atoms with van der Waals surface area (Å²) in [6.07, 6.45) is 0.00799. The minimum Gasteiger partial charge on any atom is -0.481 e. The Kier molecular flexibility index (Phi) is 5.24. The number of carboxylic acid groups (broad SMARTS) is 1. The van der Waals surface area contributed by atoms with E-state index in [2.05, 4.69) is 4.72 Å². The standard InChI is InChI=1S/C13H18FNO4S/c1-13(2,8-7-12(16)17)15-20(18,19)9-10-5-3-4-6-11(10)14/h3-6,15H,7-9H2,1-2H3,(H,16,17). The van der Waals surface area contributed by atoms with Gasteiger partial charge in [0.1, 0.15) is 5.82 Å². The fraction of sp³-hybridized carbons (Fsp3) is 0.462. The molecule has 0 fully saturated rings. The van der Waals surface area contributed by atoms with E-state index in [0.717, 1.165) is 0 Å². The third kappa shape index (κ3) is 5.66. The number of aliphatic carboxylic acids is 1. The normalized spacial score (nSPS) is 12.3. The van der Waals surface area contributed by atoms with E-state index in [4.69, 9.17) is 5.11 Å². The zero-order valence-electron chi connectivity index (χ0n) is 11.4. The molecule has 7 heteroatoms. The van der Waals surface area contributed by atoms with Gasteiger partial charge in [0.05, 0.1) is 5.75 Å². The molecule has 0 amide bonds. The molecule has 20 heavy (non-hydrogen) atoms. The summed E-state index contributed by atoms with van der Waals surface area (Å²) >= 11 is 0. The molecule has 0 bridgehead atoms. The van der Waals surface area contributed by atoms with Crippen molar-refractivity contribution in [2.75, 3.05) is 0 Å². The predicted molar refractivity (Wildman–Crippen MR) is 73.1 cm³/mol. The van der Waals surface area contributed by atoms with E-state index < -0.39 is 33.1 Å². The van der Waals surface area contributed by atoms with E-state index >= 15 is 0 Å². The van der Waals surface area contributed by atoms with Gasteiger partial charge in [0.25, 0.3) is 0 Å². The summed E-state index contributed by atoms with van der Waals surface area (Å²) in [6, 6.07) is 5.64. The lowest BCUT2D eigenvalue weighted by Gasteiger charge is -2.25. The highest BCUT2D eigenvalue weighted by Crippen LogP contribution is 2.16. The Bertz CT molecular complexity index is 584. The van der Waals surface area contributed by atoms with Crippen molar-refractivity contribution in [3.8, 4) is 0 Å². The number of nitrogens with one attached hydrogen (secondary N) is 1. The molecule has 5 nitrogen and oxygen atoms in total. The summed E-state index contributed by atoms with van der Waals surface area (Å²) in [5.41, 5.74) is -0.823. The van der Waals surface area contributed by atoms with Crippen LogP contribution >= 0.6 is 0 Å². The van der Waals surface area contributed by atoms with E-state index in [9.17, 15) is 17.6 Å². The number of hydrogen-bond acceptors (Lipinski definition) is 3. The predicted octanol–water partition coefficient (Wildman–Crippen LogP) is 1.89. The van der Waals surface area contributed by atoms with E-state index in [-0.39, 0.29) is 18.4 Å². The number of rotatable bonds is 7. The zero-order chi connectivity index (χ0) is 15.4. The monoisotopic (exact) mass is 303 g/mol. The van der Waals surface area contributed by atoms with Crippen LogP contribution in [-0.4, -0.2) is 25.0 Å². The smallest absolute Gasteiger partial charge is 0.303 e. The van der Waals surface area contributed by atoms with Crippen LogP contribution in [0.3, 0.4) is 0 Å². The van der Waals surface area contributed by atoms with Crippen LogP contribution in [-0.2, 0) is 20.6 Å². The van der Waals surface area contributed by atoms with Crippen LogP contribution in [0, 0.1) is 5.82 Å². The van der Waals surface area contributed by atoms with Gasteiger partial charge in [-0.2, -0.15) is 0 Å². The van der Waals surface area contributed by atoms with E-state index in [1.165, 1.54) is 18.2 Å². The van der Waals surface area contributed by atoms with Crippen molar-refractivity contribution < 1.29 is 22.7 Å². The Morgan fingerprint density at radius 3 is 2.50 bits per heavy atom. The maximum atomic E-state index is 13.4. The largest absolute Gasteiger partial charge is 0.481 e. The van der Waals surface area contributed by atoms with Gasteiger partial charge in [-0.1, -0.05) is 18.2 Å². The van der Waals surface area contributed by atoms with Crippen LogP contribution in [0.5, 0.6) is 0 Å². The zero-order valence-corrected chi connectivity index (χ0v) is 12.2. The average Bonchev–Trinajstić information content (AvgIpc) is 2.28. The molecule has 0 unspecified atom stereocenters. The van der Waals surface area contributed by atoms with Crippen molar-refractivity contribution in [2.24, 2.45) is 0 Å². The topological polar surface area (TPSA) is 83.5 Å². The first-order valence-corrected chi connectivity index (χ1v) is 7.73. The van der Waals surface area contributed by atoms with E-state index in [1.54, 1.807) is 19.9 Å². The Hall–Kier alpha value is -1.47. The molecule has 1 aromatic carbocycles. The molecule has 2 N–H and O–H groups in total. The van der Waals surface area contributed by atoms with E-state index in [1.807, 2.05) is 0 Å². The summed E-state index contributed by atoms with van der Waals surface area (Å²) in [4.78, 5) is 10.5. The SMILES string of the molecule is CC(C)(CCC(=O)O)NS(=O)(=O)Cc1ccccc1F. The van der Waals surface area contributed by atoms with Crippen molar-refractivity contribution in [2.45, 2.75) is 38.0 Å². The molecule has 1 rings (SSSR count). The molecule has 0 heterocycles. The molecular formula is C13H18FNO4S. The van der Waals surface area contributed by atoms with Crippen molar-refractivity contribution in [1.29, 1.82) is 0 Å². The van der Waals surface area contributed by atoms with Gasteiger partial charge in [-0.3, -0.25) is 4.79 Å². The highest BCUT2D eigenvalue weighted by atomic mass is 32.2.